The van der Waals surface area contributed by atoms with E-state index in [4.69, 9.17) is 31.3 Å². The topological polar surface area (TPSA) is 96.7 Å². The highest BCUT2D eigenvalue weighted by Gasteiger charge is 2.22. The first-order valence-corrected chi connectivity index (χ1v) is 13.2. The van der Waals surface area contributed by atoms with E-state index in [1.807, 2.05) is 26.0 Å². The van der Waals surface area contributed by atoms with Crippen molar-refractivity contribution in [2.24, 2.45) is 5.92 Å². The van der Waals surface area contributed by atoms with E-state index in [0.717, 1.165) is 31.6 Å². The number of anilines is 2. The van der Waals surface area contributed by atoms with Crippen LogP contribution in [0.4, 0.5) is 15.9 Å². The molecule has 1 aliphatic rings. The number of methoxy groups -OCH3 is 1. The number of benzene rings is 2. The van der Waals surface area contributed by atoms with E-state index in [2.05, 4.69) is 22.2 Å². The number of aliphatic hydroxyl groups is 2. The van der Waals surface area contributed by atoms with Crippen molar-refractivity contribution in [1.82, 2.24) is 9.97 Å². The average Bonchev–Trinajstić information content (AvgIpc) is 2.91. The Morgan fingerprint density at radius 1 is 1.05 bits per heavy atom. The zero-order valence-electron chi connectivity index (χ0n) is 21.9. The van der Waals surface area contributed by atoms with Crippen molar-refractivity contribution in [2.45, 2.75) is 77.6 Å². The zero-order valence-corrected chi connectivity index (χ0v) is 22.6. The van der Waals surface area contributed by atoms with Gasteiger partial charge < -0.3 is 25.0 Å². The molecule has 0 aliphatic heterocycles. The molecule has 0 radical (unpaired) electrons. The van der Waals surface area contributed by atoms with Gasteiger partial charge in [-0.3, -0.25) is 0 Å². The predicted octanol–water partition coefficient (Wildman–Crippen LogP) is 6.66. The Hall–Kier alpha value is -2.68. The van der Waals surface area contributed by atoms with Gasteiger partial charge in [-0.25, -0.2) is 14.4 Å². The summed E-state index contributed by atoms with van der Waals surface area (Å²) in [6.07, 6.45) is 6.15. The third-order valence-electron chi connectivity index (χ3n) is 6.66. The molecule has 0 bridgehead atoms. The molecule has 2 atom stereocenters. The van der Waals surface area contributed by atoms with Crippen molar-refractivity contribution in [3.63, 3.8) is 0 Å². The van der Waals surface area contributed by atoms with E-state index in [1.165, 1.54) is 12.4 Å². The van der Waals surface area contributed by atoms with Gasteiger partial charge in [0.05, 0.1) is 41.6 Å². The van der Waals surface area contributed by atoms with E-state index in [0.29, 0.717) is 41.1 Å². The van der Waals surface area contributed by atoms with Crippen LogP contribution in [0.15, 0.2) is 36.7 Å². The summed E-state index contributed by atoms with van der Waals surface area (Å²) in [5, 5.41) is 21.5. The number of aliphatic hydroxyl groups excluding tert-OH is 2. The molecule has 1 saturated carbocycles. The fourth-order valence-corrected chi connectivity index (χ4v) is 4.39. The smallest absolute Gasteiger partial charge is 0.165 e. The Morgan fingerprint density at radius 3 is 2.35 bits per heavy atom. The number of rotatable bonds is 8. The molecule has 7 nitrogen and oxygen atoms in total. The van der Waals surface area contributed by atoms with E-state index in [9.17, 15) is 4.39 Å². The van der Waals surface area contributed by atoms with Gasteiger partial charge in [0.1, 0.15) is 12.1 Å². The van der Waals surface area contributed by atoms with E-state index in [1.54, 1.807) is 19.2 Å². The number of nitrogens with zero attached hydrogens (tertiary/aromatic N) is 2. The summed E-state index contributed by atoms with van der Waals surface area (Å²) in [5.74, 6) is 1.95. The van der Waals surface area contributed by atoms with Crippen LogP contribution in [-0.4, -0.2) is 45.6 Å². The molecule has 0 amide bonds. The molecule has 4 rings (SSSR count). The molecule has 1 heterocycles. The van der Waals surface area contributed by atoms with Crippen molar-refractivity contribution in [2.75, 3.05) is 12.4 Å². The highest BCUT2D eigenvalue weighted by atomic mass is 35.5. The second-order valence-corrected chi connectivity index (χ2v) is 9.83. The van der Waals surface area contributed by atoms with Gasteiger partial charge in [-0.1, -0.05) is 38.4 Å². The lowest BCUT2D eigenvalue weighted by Gasteiger charge is -2.27. The highest BCUT2D eigenvalue weighted by Crippen LogP contribution is 2.37. The summed E-state index contributed by atoms with van der Waals surface area (Å²) in [4.78, 5) is 8.62. The lowest BCUT2D eigenvalue weighted by atomic mass is 9.89. The minimum absolute atomic E-state index is 0.0468. The number of hydrogen-bond donors (Lipinski definition) is 3. The van der Waals surface area contributed by atoms with Gasteiger partial charge in [0, 0.05) is 11.5 Å². The molecule has 1 aromatic heterocycles. The average molecular weight is 534 g/mol. The normalized spacial score (nSPS) is 18.9. The van der Waals surface area contributed by atoms with Crippen LogP contribution < -0.4 is 14.8 Å². The molecule has 0 unspecified atom stereocenters. The van der Waals surface area contributed by atoms with Crippen LogP contribution >= 0.6 is 11.6 Å². The number of fused-ring (bicyclic) bond motifs is 1. The molecular weight excluding hydrogens is 497 g/mol. The summed E-state index contributed by atoms with van der Waals surface area (Å²) in [7, 11) is 1.61. The third-order valence-corrected chi connectivity index (χ3v) is 6.95. The largest absolute Gasteiger partial charge is 0.493 e. The summed E-state index contributed by atoms with van der Waals surface area (Å²) < 4.78 is 26.1. The highest BCUT2D eigenvalue weighted by molar-refractivity contribution is 6.31. The first kappa shape index (κ1) is 28.9. The second-order valence-electron chi connectivity index (χ2n) is 9.42. The van der Waals surface area contributed by atoms with Crippen LogP contribution in [0.5, 0.6) is 11.5 Å². The minimum atomic E-state index is -0.528. The van der Waals surface area contributed by atoms with Crippen LogP contribution in [0.25, 0.3) is 10.9 Å². The number of ether oxygens (including phenoxy) is 2. The Labute approximate surface area is 223 Å². The molecule has 3 N–H and O–H groups in total. The van der Waals surface area contributed by atoms with Crippen molar-refractivity contribution in [3.8, 4) is 11.5 Å². The molecular formula is C28H37ClFN3O4. The monoisotopic (exact) mass is 533 g/mol. The first-order valence-electron chi connectivity index (χ1n) is 12.8. The summed E-state index contributed by atoms with van der Waals surface area (Å²) in [6, 6.07) is 8.47. The maximum atomic E-state index is 14.3. The van der Waals surface area contributed by atoms with Gasteiger partial charge in [0.25, 0.3) is 0 Å². The van der Waals surface area contributed by atoms with Crippen LogP contribution in [0.1, 0.15) is 59.3 Å². The van der Waals surface area contributed by atoms with Crippen LogP contribution in [-0.2, 0) is 0 Å². The van der Waals surface area contributed by atoms with E-state index < -0.39 is 18.0 Å². The second kappa shape index (κ2) is 13.7. The van der Waals surface area contributed by atoms with E-state index >= 15 is 0 Å². The lowest BCUT2D eigenvalue weighted by molar-refractivity contribution is 0.0157. The van der Waals surface area contributed by atoms with Gasteiger partial charge >= 0.3 is 0 Å². The molecule has 0 spiro atoms. The quantitative estimate of drug-likeness (QED) is 0.298. The van der Waals surface area contributed by atoms with Crippen LogP contribution in [0.2, 0.25) is 5.02 Å². The molecule has 202 valence electrons. The Bertz CT molecular complexity index is 1150. The fraction of sp³-hybridized carbons (Fsp3) is 0.500. The fourth-order valence-electron chi connectivity index (χ4n) is 4.21. The maximum Gasteiger partial charge on any atom is 0.165 e. The molecule has 1 aliphatic carbocycles. The number of nitrogens with one attached hydrogen (secondary N) is 1. The number of hydrogen-bond acceptors (Lipinski definition) is 7. The van der Waals surface area contributed by atoms with Gasteiger partial charge in [-0.15, -0.1) is 0 Å². The number of aromatic nitrogens is 2. The van der Waals surface area contributed by atoms with Crippen molar-refractivity contribution in [3.05, 3.63) is 47.5 Å². The maximum absolute atomic E-state index is 14.3. The first-order chi connectivity index (χ1) is 17.8. The predicted molar refractivity (Wildman–Crippen MR) is 145 cm³/mol. The zero-order chi connectivity index (χ0) is 26.9. The minimum Gasteiger partial charge on any atom is -0.493 e. The molecule has 2 aromatic carbocycles. The van der Waals surface area contributed by atoms with Gasteiger partial charge in [-0.05, 0) is 62.6 Å². The summed E-state index contributed by atoms with van der Waals surface area (Å²) in [6.45, 7) is 5.98. The Morgan fingerprint density at radius 2 is 1.73 bits per heavy atom. The SMILES string of the molecule is CC[C@@H](O)[C@@H](O)CC.COc1cc2ncnc(Nc3cccc(Cl)c3F)c2cc1OC1CCC(C)CC1. The van der Waals surface area contributed by atoms with Crippen molar-refractivity contribution in [1.29, 1.82) is 0 Å². The Kier molecular flexibility index (Phi) is 10.7. The Balaban J connectivity index is 0.000000414. The lowest BCUT2D eigenvalue weighted by Crippen LogP contribution is -2.23. The summed E-state index contributed by atoms with van der Waals surface area (Å²) >= 11 is 5.90. The van der Waals surface area contributed by atoms with E-state index in [-0.39, 0.29) is 16.8 Å². The van der Waals surface area contributed by atoms with Crippen molar-refractivity contribution >= 4 is 34.0 Å². The standard InChI is InChI=1S/C22H23ClFN3O2.C6H14O2/c1-13-6-8-14(9-7-13)29-20-10-15-18(11-19(20)28-2)25-12-26-22(15)27-17-5-3-4-16(23)21(17)24;1-3-5(7)6(8)4-2/h3-5,10-14H,6-9H2,1-2H3,(H,25,26,27);5-8H,3-4H2,1-2H3/t;5-,6+. The van der Waals surface area contributed by atoms with Gasteiger partial charge in [0.2, 0.25) is 0 Å². The third kappa shape index (κ3) is 7.66. The molecule has 9 heteroatoms. The molecule has 3 aromatic rings. The van der Waals surface area contributed by atoms with Crippen LogP contribution in [0, 0.1) is 11.7 Å². The number of halogens is 2. The molecule has 37 heavy (non-hydrogen) atoms. The van der Waals surface area contributed by atoms with Gasteiger partial charge in [-0.2, -0.15) is 0 Å². The molecule has 0 saturated heterocycles. The molecule has 1 fully saturated rings. The van der Waals surface area contributed by atoms with Gasteiger partial charge in [0.15, 0.2) is 17.3 Å². The van der Waals surface area contributed by atoms with Crippen molar-refractivity contribution < 1.29 is 24.1 Å². The van der Waals surface area contributed by atoms with Crippen LogP contribution in [0.3, 0.4) is 0 Å². The summed E-state index contributed by atoms with van der Waals surface area (Å²) in [5.41, 5.74) is 0.920.